The van der Waals surface area contributed by atoms with Gasteiger partial charge in [-0.3, -0.25) is 0 Å². The predicted octanol–water partition coefficient (Wildman–Crippen LogP) is 12.1. The molecule has 0 saturated heterocycles. The highest BCUT2D eigenvalue weighted by molar-refractivity contribution is 6.23. The second-order valence-electron chi connectivity index (χ2n) is 11.7. The monoisotopic (exact) mass is 522 g/mol. The highest BCUT2D eigenvalue weighted by Crippen LogP contribution is 2.37. The van der Waals surface area contributed by atoms with Crippen molar-refractivity contribution >= 4 is 32.3 Å². The third-order valence-corrected chi connectivity index (χ3v) is 9.01. The zero-order valence-electron chi connectivity index (χ0n) is 24.0. The molecule has 1 atom stereocenters. The number of rotatable bonds is 13. The Balaban J connectivity index is 1.19. The van der Waals surface area contributed by atoms with Crippen LogP contribution in [0.1, 0.15) is 81.8 Å². The van der Waals surface area contributed by atoms with Crippen molar-refractivity contribution in [3.8, 4) is 11.1 Å². The van der Waals surface area contributed by atoms with Gasteiger partial charge in [0.1, 0.15) is 0 Å². The summed E-state index contributed by atoms with van der Waals surface area (Å²) in [6, 6.07) is 40.9. The van der Waals surface area contributed by atoms with E-state index in [9.17, 15) is 0 Å². The molecule has 6 aromatic carbocycles. The number of unbranched alkanes of at least 4 members (excludes halogenated alkanes) is 5. The first-order chi connectivity index (χ1) is 19.8. The Labute approximate surface area is 240 Å². The zero-order valence-corrected chi connectivity index (χ0v) is 24.0. The third-order valence-electron chi connectivity index (χ3n) is 9.01. The summed E-state index contributed by atoms with van der Waals surface area (Å²) in [6.07, 6.45) is 13.1. The molecule has 0 aliphatic heterocycles. The van der Waals surface area contributed by atoms with Crippen LogP contribution in [0.25, 0.3) is 43.4 Å². The van der Waals surface area contributed by atoms with Gasteiger partial charge in [-0.25, -0.2) is 0 Å². The van der Waals surface area contributed by atoms with E-state index in [4.69, 9.17) is 0 Å². The molecule has 0 fully saturated rings. The maximum atomic E-state index is 2.40. The molecule has 202 valence electrons. The number of aryl methyl sites for hydroxylation is 1. The van der Waals surface area contributed by atoms with Gasteiger partial charge in [0.25, 0.3) is 0 Å². The Kier molecular flexibility index (Phi) is 8.43. The lowest BCUT2D eigenvalue weighted by atomic mass is 9.86. The molecule has 0 heteroatoms. The molecule has 6 aromatic rings. The van der Waals surface area contributed by atoms with Gasteiger partial charge in [0.05, 0.1) is 0 Å². The predicted molar refractivity (Wildman–Crippen MR) is 176 cm³/mol. The Morgan fingerprint density at radius 3 is 1.88 bits per heavy atom. The summed E-state index contributed by atoms with van der Waals surface area (Å²) in [7, 11) is 0. The Morgan fingerprint density at radius 1 is 0.475 bits per heavy atom. The molecule has 0 aliphatic rings. The minimum atomic E-state index is 0.635. The van der Waals surface area contributed by atoms with Gasteiger partial charge < -0.3 is 0 Å². The molecule has 0 heterocycles. The van der Waals surface area contributed by atoms with Crippen LogP contribution in [0.5, 0.6) is 0 Å². The molecular weight excluding hydrogens is 480 g/mol. The van der Waals surface area contributed by atoms with Gasteiger partial charge in [-0.05, 0) is 86.2 Å². The summed E-state index contributed by atoms with van der Waals surface area (Å²) in [5, 5.41) is 8.40. The normalized spacial score (nSPS) is 12.5. The van der Waals surface area contributed by atoms with E-state index < -0.39 is 0 Å². The van der Waals surface area contributed by atoms with E-state index >= 15 is 0 Å². The average molecular weight is 523 g/mol. The van der Waals surface area contributed by atoms with Crippen LogP contribution in [0, 0.1) is 0 Å². The van der Waals surface area contributed by atoms with E-state index in [1.807, 2.05) is 0 Å². The molecule has 0 aliphatic carbocycles. The van der Waals surface area contributed by atoms with E-state index in [1.165, 1.54) is 112 Å². The lowest BCUT2D eigenvalue weighted by Gasteiger charge is -2.19. The highest BCUT2D eigenvalue weighted by atomic mass is 14.2. The van der Waals surface area contributed by atoms with Crippen molar-refractivity contribution in [2.24, 2.45) is 0 Å². The second kappa shape index (κ2) is 12.7. The fourth-order valence-corrected chi connectivity index (χ4v) is 6.78. The van der Waals surface area contributed by atoms with Crippen molar-refractivity contribution < 1.29 is 0 Å². The SMILES string of the molecule is CCCCCCCCC(CCCc1ccc2ccc3cccc4ccc1c2c34)c1ccc(-c2ccccc2)cc1. The molecule has 0 spiro atoms. The van der Waals surface area contributed by atoms with Gasteiger partial charge in [-0.2, -0.15) is 0 Å². The minimum absolute atomic E-state index is 0.635. The van der Waals surface area contributed by atoms with E-state index in [0.29, 0.717) is 5.92 Å². The molecule has 40 heavy (non-hydrogen) atoms. The van der Waals surface area contributed by atoms with Crippen LogP contribution in [0.15, 0.2) is 109 Å². The molecule has 0 nitrogen and oxygen atoms in total. The van der Waals surface area contributed by atoms with Crippen LogP contribution < -0.4 is 0 Å². The summed E-state index contributed by atoms with van der Waals surface area (Å²) in [6.45, 7) is 2.30. The zero-order chi connectivity index (χ0) is 27.1. The molecule has 0 amide bonds. The van der Waals surface area contributed by atoms with Gasteiger partial charge in [0.2, 0.25) is 0 Å². The molecular formula is C40H42. The first kappa shape index (κ1) is 26.6. The summed E-state index contributed by atoms with van der Waals surface area (Å²) in [5.41, 5.74) is 5.64. The molecule has 0 bridgehead atoms. The largest absolute Gasteiger partial charge is 0.0654 e. The smallest absolute Gasteiger partial charge is 0.00240 e. The fourth-order valence-electron chi connectivity index (χ4n) is 6.78. The number of benzene rings is 6. The minimum Gasteiger partial charge on any atom is -0.0654 e. The van der Waals surface area contributed by atoms with E-state index in [0.717, 1.165) is 6.42 Å². The summed E-state index contributed by atoms with van der Waals surface area (Å²) in [5.74, 6) is 0.635. The van der Waals surface area contributed by atoms with Gasteiger partial charge in [0, 0.05) is 0 Å². The van der Waals surface area contributed by atoms with Gasteiger partial charge in [-0.1, -0.05) is 155 Å². The highest BCUT2D eigenvalue weighted by Gasteiger charge is 2.14. The van der Waals surface area contributed by atoms with Gasteiger partial charge >= 0.3 is 0 Å². The van der Waals surface area contributed by atoms with Crippen LogP contribution in [0.3, 0.4) is 0 Å². The van der Waals surface area contributed by atoms with Crippen molar-refractivity contribution in [2.45, 2.75) is 77.0 Å². The van der Waals surface area contributed by atoms with Crippen LogP contribution in [0.4, 0.5) is 0 Å². The summed E-state index contributed by atoms with van der Waals surface area (Å²) < 4.78 is 0. The van der Waals surface area contributed by atoms with Crippen LogP contribution >= 0.6 is 0 Å². The standard InChI is InChI=1S/C40H42/c1-2-3-4-5-6-8-13-31(33-22-20-32(21-23-33)30-14-9-7-10-15-30)16-11-17-34-24-25-37-27-26-35-18-12-19-36-28-29-38(34)40(37)39(35)36/h7,9-10,12,14-15,18-29,31H,2-6,8,11,13,16-17H2,1H3. The molecule has 0 N–H and O–H groups in total. The van der Waals surface area contributed by atoms with Crippen LogP contribution in [0.2, 0.25) is 0 Å². The van der Waals surface area contributed by atoms with Crippen molar-refractivity contribution in [2.75, 3.05) is 0 Å². The topological polar surface area (TPSA) is 0 Å². The molecule has 0 radical (unpaired) electrons. The summed E-state index contributed by atoms with van der Waals surface area (Å²) in [4.78, 5) is 0. The Bertz CT molecular complexity index is 1630. The van der Waals surface area contributed by atoms with Crippen molar-refractivity contribution in [3.05, 3.63) is 120 Å². The lowest BCUT2D eigenvalue weighted by Crippen LogP contribution is -2.01. The van der Waals surface area contributed by atoms with Gasteiger partial charge in [-0.15, -0.1) is 0 Å². The first-order valence-electron chi connectivity index (χ1n) is 15.6. The van der Waals surface area contributed by atoms with E-state index in [2.05, 4.69) is 116 Å². The number of hydrogen-bond acceptors (Lipinski definition) is 0. The fraction of sp³-hybridized carbons (Fsp3) is 0.300. The number of hydrogen-bond donors (Lipinski definition) is 0. The van der Waals surface area contributed by atoms with Crippen molar-refractivity contribution in [1.82, 2.24) is 0 Å². The maximum Gasteiger partial charge on any atom is -0.00240 e. The molecule has 0 aromatic heterocycles. The van der Waals surface area contributed by atoms with Crippen LogP contribution in [-0.4, -0.2) is 0 Å². The van der Waals surface area contributed by atoms with Crippen molar-refractivity contribution in [3.63, 3.8) is 0 Å². The van der Waals surface area contributed by atoms with Crippen molar-refractivity contribution in [1.29, 1.82) is 0 Å². The third kappa shape index (κ3) is 5.78. The Morgan fingerprint density at radius 2 is 1.10 bits per heavy atom. The molecule has 0 saturated carbocycles. The summed E-state index contributed by atoms with van der Waals surface area (Å²) >= 11 is 0. The molecule has 6 rings (SSSR count). The molecule has 1 unspecified atom stereocenters. The average Bonchev–Trinajstić information content (AvgIpc) is 3.01. The van der Waals surface area contributed by atoms with E-state index in [-0.39, 0.29) is 0 Å². The van der Waals surface area contributed by atoms with Crippen LogP contribution in [-0.2, 0) is 6.42 Å². The maximum absolute atomic E-state index is 2.40. The second-order valence-corrected chi connectivity index (χ2v) is 11.7. The first-order valence-corrected chi connectivity index (χ1v) is 15.6. The van der Waals surface area contributed by atoms with Gasteiger partial charge in [0.15, 0.2) is 0 Å². The van der Waals surface area contributed by atoms with E-state index in [1.54, 1.807) is 0 Å². The lowest BCUT2D eigenvalue weighted by molar-refractivity contribution is 0.504. The Hall–Kier alpha value is -3.64. The quantitative estimate of drug-likeness (QED) is 0.104.